The first kappa shape index (κ1) is 16.3. The molecule has 0 saturated heterocycles. The summed E-state index contributed by atoms with van der Waals surface area (Å²) in [6.45, 7) is 4.31. The monoisotopic (exact) mass is 288 g/mol. The van der Waals surface area contributed by atoms with E-state index in [0.717, 1.165) is 31.4 Å². The van der Waals surface area contributed by atoms with Crippen molar-refractivity contribution in [3.8, 4) is 0 Å². The molecular formula is C14H24O4S. The predicted octanol–water partition coefficient (Wildman–Crippen LogP) is 2.79. The summed E-state index contributed by atoms with van der Waals surface area (Å²) in [7, 11) is 1.42. The summed E-state index contributed by atoms with van der Waals surface area (Å²) in [4.78, 5) is 23.2. The van der Waals surface area contributed by atoms with Crippen LogP contribution in [0.5, 0.6) is 0 Å². The van der Waals surface area contributed by atoms with Crippen LogP contribution >= 0.6 is 11.8 Å². The zero-order valence-corrected chi connectivity index (χ0v) is 12.9. The molecule has 1 saturated carbocycles. The molecule has 1 aliphatic carbocycles. The average Bonchev–Trinajstić information content (AvgIpc) is 3.14. The second-order valence-electron chi connectivity index (χ2n) is 5.09. The van der Waals surface area contributed by atoms with Gasteiger partial charge >= 0.3 is 11.9 Å². The van der Waals surface area contributed by atoms with E-state index in [1.54, 1.807) is 11.8 Å². The van der Waals surface area contributed by atoms with E-state index in [-0.39, 0.29) is 22.6 Å². The largest absolute Gasteiger partial charge is 0.469 e. The fraction of sp³-hybridized carbons (Fsp3) is 0.857. The number of hydrogen-bond acceptors (Lipinski definition) is 5. The van der Waals surface area contributed by atoms with E-state index >= 15 is 0 Å². The van der Waals surface area contributed by atoms with Gasteiger partial charge in [-0.2, -0.15) is 0 Å². The van der Waals surface area contributed by atoms with Crippen LogP contribution in [-0.2, 0) is 19.1 Å². The average molecular weight is 288 g/mol. The Morgan fingerprint density at radius 1 is 1.32 bits per heavy atom. The molecule has 5 heteroatoms. The van der Waals surface area contributed by atoms with Crippen molar-refractivity contribution in [2.75, 3.05) is 19.5 Å². The van der Waals surface area contributed by atoms with Gasteiger partial charge in [-0.15, -0.1) is 11.8 Å². The molecule has 1 fully saturated rings. The highest BCUT2D eigenvalue weighted by Gasteiger charge is 2.45. The maximum absolute atomic E-state index is 11.8. The van der Waals surface area contributed by atoms with E-state index in [2.05, 4.69) is 6.92 Å². The lowest BCUT2D eigenvalue weighted by Crippen LogP contribution is -2.23. The highest BCUT2D eigenvalue weighted by atomic mass is 32.2. The van der Waals surface area contributed by atoms with Crippen LogP contribution in [0.3, 0.4) is 0 Å². The van der Waals surface area contributed by atoms with Gasteiger partial charge in [-0.05, 0) is 31.6 Å². The topological polar surface area (TPSA) is 52.6 Å². The summed E-state index contributed by atoms with van der Waals surface area (Å²) in [6.07, 6.45) is 4.37. The Balaban J connectivity index is 2.43. The SMILES string of the molecule is CCCC(SCC1(CC(=O)OC)CC1)C(=O)OCC. The van der Waals surface area contributed by atoms with Crippen LogP contribution < -0.4 is 0 Å². The van der Waals surface area contributed by atoms with E-state index in [1.807, 2.05) is 6.92 Å². The van der Waals surface area contributed by atoms with Crippen molar-refractivity contribution >= 4 is 23.7 Å². The molecule has 0 aromatic rings. The molecule has 1 rings (SSSR count). The molecule has 0 aromatic heterocycles. The van der Waals surface area contributed by atoms with Crippen molar-refractivity contribution in [1.82, 2.24) is 0 Å². The van der Waals surface area contributed by atoms with Gasteiger partial charge in [-0.25, -0.2) is 0 Å². The van der Waals surface area contributed by atoms with Crippen molar-refractivity contribution in [3.05, 3.63) is 0 Å². The minimum Gasteiger partial charge on any atom is -0.469 e. The highest BCUT2D eigenvalue weighted by Crippen LogP contribution is 2.51. The van der Waals surface area contributed by atoms with Crippen LogP contribution in [0.4, 0.5) is 0 Å². The summed E-state index contributed by atoms with van der Waals surface area (Å²) in [6, 6.07) is 0. The third-order valence-electron chi connectivity index (χ3n) is 3.40. The first-order valence-corrected chi connectivity index (χ1v) is 7.97. The molecule has 0 bridgehead atoms. The van der Waals surface area contributed by atoms with Gasteiger partial charge in [-0.1, -0.05) is 13.3 Å². The standard InChI is InChI=1S/C14H24O4S/c1-4-6-11(13(16)18-5-2)19-10-14(7-8-14)9-12(15)17-3/h11H,4-10H2,1-3H3. The normalized spacial score (nSPS) is 17.6. The maximum Gasteiger partial charge on any atom is 0.319 e. The van der Waals surface area contributed by atoms with E-state index in [0.29, 0.717) is 13.0 Å². The fourth-order valence-electron chi connectivity index (χ4n) is 1.97. The van der Waals surface area contributed by atoms with E-state index in [1.165, 1.54) is 7.11 Å². The number of carbonyl (C=O) groups is 2. The third-order valence-corrected chi connectivity index (χ3v) is 5.00. The summed E-state index contributed by atoms with van der Waals surface area (Å²) < 4.78 is 9.82. The van der Waals surface area contributed by atoms with Crippen LogP contribution in [0, 0.1) is 5.41 Å². The summed E-state index contributed by atoms with van der Waals surface area (Å²) >= 11 is 1.63. The molecule has 1 unspecified atom stereocenters. The molecule has 19 heavy (non-hydrogen) atoms. The van der Waals surface area contributed by atoms with Gasteiger partial charge in [0.25, 0.3) is 0 Å². The zero-order chi connectivity index (χ0) is 14.3. The van der Waals surface area contributed by atoms with Gasteiger partial charge in [-0.3, -0.25) is 9.59 Å². The minimum absolute atomic E-state index is 0.0657. The van der Waals surface area contributed by atoms with Gasteiger partial charge < -0.3 is 9.47 Å². The Morgan fingerprint density at radius 3 is 2.47 bits per heavy atom. The lowest BCUT2D eigenvalue weighted by atomic mass is 10.1. The summed E-state index contributed by atoms with van der Waals surface area (Å²) in [5.41, 5.74) is 0.0657. The third kappa shape index (κ3) is 5.43. The number of methoxy groups -OCH3 is 1. The molecular weight excluding hydrogens is 264 g/mol. The molecule has 1 aliphatic rings. The smallest absolute Gasteiger partial charge is 0.319 e. The highest BCUT2D eigenvalue weighted by molar-refractivity contribution is 8.00. The van der Waals surface area contributed by atoms with Crippen molar-refractivity contribution in [3.63, 3.8) is 0 Å². The molecule has 4 nitrogen and oxygen atoms in total. The number of esters is 2. The second kappa shape index (κ2) is 7.78. The Kier molecular flexibility index (Phi) is 6.69. The molecule has 0 heterocycles. The lowest BCUT2D eigenvalue weighted by Gasteiger charge is -2.18. The number of thioether (sulfide) groups is 1. The number of rotatable bonds is 9. The molecule has 0 aromatic carbocycles. The molecule has 110 valence electrons. The number of carbonyl (C=O) groups excluding carboxylic acids is 2. The summed E-state index contributed by atoms with van der Waals surface area (Å²) in [5.74, 6) is 0.565. The lowest BCUT2D eigenvalue weighted by molar-refractivity contribution is -0.143. The van der Waals surface area contributed by atoms with Crippen LogP contribution in [-0.4, -0.2) is 36.7 Å². The van der Waals surface area contributed by atoms with Crippen LogP contribution in [0.15, 0.2) is 0 Å². The van der Waals surface area contributed by atoms with Gasteiger partial charge in [0.15, 0.2) is 0 Å². The van der Waals surface area contributed by atoms with Gasteiger partial charge in [0.2, 0.25) is 0 Å². The quantitative estimate of drug-likeness (QED) is 0.611. The number of hydrogen-bond donors (Lipinski definition) is 0. The van der Waals surface area contributed by atoms with Crippen LogP contribution in [0.1, 0.15) is 46.0 Å². The number of ether oxygens (including phenoxy) is 2. The van der Waals surface area contributed by atoms with Gasteiger partial charge in [0.1, 0.15) is 5.25 Å². The fourth-order valence-corrected chi connectivity index (χ4v) is 3.52. The predicted molar refractivity (Wildman–Crippen MR) is 76.1 cm³/mol. The minimum atomic E-state index is -0.152. The zero-order valence-electron chi connectivity index (χ0n) is 12.1. The maximum atomic E-state index is 11.8. The molecule has 0 amide bonds. The molecule has 0 N–H and O–H groups in total. The summed E-state index contributed by atoms with van der Waals surface area (Å²) in [5, 5.41) is -0.0972. The first-order valence-electron chi connectivity index (χ1n) is 6.92. The Labute approximate surface area is 119 Å². The first-order chi connectivity index (χ1) is 9.06. The van der Waals surface area contributed by atoms with E-state index in [4.69, 9.17) is 9.47 Å². The van der Waals surface area contributed by atoms with E-state index < -0.39 is 0 Å². The Morgan fingerprint density at radius 2 is 2.00 bits per heavy atom. The van der Waals surface area contributed by atoms with E-state index in [9.17, 15) is 9.59 Å². The van der Waals surface area contributed by atoms with Gasteiger partial charge in [0.05, 0.1) is 20.1 Å². The van der Waals surface area contributed by atoms with Crippen molar-refractivity contribution in [2.24, 2.45) is 5.41 Å². The van der Waals surface area contributed by atoms with Crippen molar-refractivity contribution in [1.29, 1.82) is 0 Å². The molecule has 0 radical (unpaired) electrons. The van der Waals surface area contributed by atoms with Crippen molar-refractivity contribution < 1.29 is 19.1 Å². The van der Waals surface area contributed by atoms with Crippen LogP contribution in [0.25, 0.3) is 0 Å². The van der Waals surface area contributed by atoms with Crippen molar-refractivity contribution in [2.45, 2.75) is 51.2 Å². The van der Waals surface area contributed by atoms with Gasteiger partial charge in [0, 0.05) is 5.75 Å². The molecule has 1 atom stereocenters. The Hall–Kier alpha value is -0.710. The van der Waals surface area contributed by atoms with Crippen LogP contribution in [0.2, 0.25) is 0 Å². The Bertz CT molecular complexity index is 313. The molecule has 0 spiro atoms. The molecule has 0 aliphatic heterocycles. The second-order valence-corrected chi connectivity index (χ2v) is 6.28.